The van der Waals surface area contributed by atoms with Gasteiger partial charge in [-0.3, -0.25) is 0 Å². The van der Waals surface area contributed by atoms with Crippen LogP contribution < -0.4 is 5.32 Å². The summed E-state index contributed by atoms with van der Waals surface area (Å²) >= 11 is 0. The van der Waals surface area contributed by atoms with E-state index in [0.29, 0.717) is 16.9 Å². The first kappa shape index (κ1) is 14.1. The number of hydrogen-bond donors (Lipinski definition) is 1. The van der Waals surface area contributed by atoms with Crippen molar-refractivity contribution in [2.45, 2.75) is 83.2 Å². The molecule has 0 heterocycles. The van der Waals surface area contributed by atoms with Crippen molar-refractivity contribution in [3.8, 4) is 0 Å². The van der Waals surface area contributed by atoms with Crippen LogP contribution in [0.3, 0.4) is 0 Å². The molecule has 0 unspecified atom stereocenters. The Balaban J connectivity index is 1.97. The van der Waals surface area contributed by atoms with Crippen molar-refractivity contribution < 1.29 is 0 Å². The Labute approximate surface area is 124 Å². The largest absolute Gasteiger partial charge is 0.307 e. The van der Waals surface area contributed by atoms with Gasteiger partial charge in [0.25, 0.3) is 0 Å². The molecule has 1 aromatic rings. The van der Waals surface area contributed by atoms with Gasteiger partial charge in [-0.25, -0.2) is 0 Å². The fourth-order valence-corrected chi connectivity index (χ4v) is 3.58. The van der Waals surface area contributed by atoms with Crippen LogP contribution in [0.4, 0.5) is 0 Å². The van der Waals surface area contributed by atoms with Crippen LogP contribution in [0.25, 0.3) is 0 Å². The Bertz CT molecular complexity index is 508. The third-order valence-corrected chi connectivity index (χ3v) is 5.44. The summed E-state index contributed by atoms with van der Waals surface area (Å²) < 4.78 is 0. The highest BCUT2D eigenvalue weighted by Gasteiger charge is 2.37. The van der Waals surface area contributed by atoms with E-state index in [1.165, 1.54) is 31.2 Å². The van der Waals surface area contributed by atoms with Crippen molar-refractivity contribution in [2.24, 2.45) is 0 Å². The fraction of sp³-hybridized carbons (Fsp3) is 0.684. The summed E-state index contributed by atoms with van der Waals surface area (Å²) in [5.74, 6) is 0. The molecule has 1 atom stereocenters. The molecule has 0 radical (unpaired) electrons. The maximum absolute atomic E-state index is 3.72. The molecule has 2 aliphatic rings. The quantitative estimate of drug-likeness (QED) is 0.828. The molecule has 1 saturated carbocycles. The van der Waals surface area contributed by atoms with Crippen LogP contribution in [0.5, 0.6) is 0 Å². The molecule has 0 amide bonds. The van der Waals surface area contributed by atoms with Crippen LogP contribution in [0, 0.1) is 0 Å². The van der Waals surface area contributed by atoms with E-state index >= 15 is 0 Å². The lowest BCUT2D eigenvalue weighted by atomic mass is 9.63. The molecule has 1 heteroatoms. The standard InChI is InChI=1S/C19H29N/c1-13(20-15-7-8-15)14-6-9-16-17(12-14)19(4,5)11-10-18(16,2)3/h6,9,12-13,15,20H,7-8,10-11H2,1-5H3/t13-/m0/s1. The lowest BCUT2D eigenvalue weighted by molar-refractivity contribution is 0.331. The molecule has 2 aliphatic carbocycles. The summed E-state index contributed by atoms with van der Waals surface area (Å²) in [6, 6.07) is 8.48. The normalized spacial score (nSPS) is 25.1. The molecular weight excluding hydrogens is 242 g/mol. The highest BCUT2D eigenvalue weighted by Crippen LogP contribution is 2.46. The molecule has 0 spiro atoms. The number of rotatable bonds is 3. The van der Waals surface area contributed by atoms with E-state index in [4.69, 9.17) is 0 Å². The van der Waals surface area contributed by atoms with Crippen molar-refractivity contribution in [3.63, 3.8) is 0 Å². The van der Waals surface area contributed by atoms with Crippen LogP contribution in [0.1, 0.15) is 83.0 Å². The zero-order valence-electron chi connectivity index (χ0n) is 13.7. The Morgan fingerprint density at radius 1 is 1.00 bits per heavy atom. The summed E-state index contributed by atoms with van der Waals surface area (Å²) in [6.07, 6.45) is 5.30. The van der Waals surface area contributed by atoms with Crippen molar-refractivity contribution in [1.29, 1.82) is 0 Å². The van der Waals surface area contributed by atoms with Crippen LogP contribution in [0.2, 0.25) is 0 Å². The lowest BCUT2D eigenvalue weighted by Gasteiger charge is -2.42. The highest BCUT2D eigenvalue weighted by atomic mass is 15.0. The topological polar surface area (TPSA) is 12.0 Å². The first-order valence-electron chi connectivity index (χ1n) is 8.21. The Morgan fingerprint density at radius 2 is 1.60 bits per heavy atom. The zero-order chi connectivity index (χ0) is 14.5. The van der Waals surface area contributed by atoms with Crippen LogP contribution in [-0.4, -0.2) is 6.04 Å². The van der Waals surface area contributed by atoms with Crippen molar-refractivity contribution in [3.05, 3.63) is 34.9 Å². The van der Waals surface area contributed by atoms with Crippen LogP contribution in [0.15, 0.2) is 18.2 Å². The first-order valence-corrected chi connectivity index (χ1v) is 8.21. The van der Waals surface area contributed by atoms with Gasteiger partial charge < -0.3 is 5.32 Å². The summed E-state index contributed by atoms with van der Waals surface area (Å²) in [7, 11) is 0. The van der Waals surface area contributed by atoms with Gasteiger partial charge in [-0.1, -0.05) is 45.9 Å². The summed E-state index contributed by atoms with van der Waals surface area (Å²) in [5, 5.41) is 3.72. The summed E-state index contributed by atoms with van der Waals surface area (Å²) in [5.41, 5.74) is 5.25. The molecule has 3 rings (SSSR count). The SMILES string of the molecule is C[C@H](NC1CC1)c1ccc2c(c1)C(C)(C)CCC2(C)C. The average molecular weight is 271 g/mol. The number of nitrogens with one attached hydrogen (secondary N) is 1. The number of hydrogen-bond acceptors (Lipinski definition) is 1. The van der Waals surface area contributed by atoms with Crippen molar-refractivity contribution >= 4 is 0 Å². The third kappa shape index (κ3) is 2.53. The Morgan fingerprint density at radius 3 is 2.20 bits per heavy atom. The lowest BCUT2D eigenvalue weighted by Crippen LogP contribution is -2.34. The summed E-state index contributed by atoms with van der Waals surface area (Å²) in [6.45, 7) is 11.9. The maximum atomic E-state index is 3.72. The fourth-order valence-electron chi connectivity index (χ4n) is 3.58. The van der Waals surface area contributed by atoms with Crippen LogP contribution in [-0.2, 0) is 10.8 Å². The predicted molar refractivity (Wildman–Crippen MR) is 86.3 cm³/mol. The summed E-state index contributed by atoms with van der Waals surface area (Å²) in [4.78, 5) is 0. The number of fused-ring (bicyclic) bond motifs is 1. The van der Waals surface area contributed by atoms with Gasteiger partial charge in [-0.15, -0.1) is 0 Å². The van der Waals surface area contributed by atoms with Gasteiger partial charge in [0.15, 0.2) is 0 Å². The van der Waals surface area contributed by atoms with Crippen LogP contribution >= 0.6 is 0 Å². The Kier molecular flexibility index (Phi) is 3.25. The average Bonchev–Trinajstić information content (AvgIpc) is 3.19. The minimum absolute atomic E-state index is 0.320. The van der Waals surface area contributed by atoms with Gasteiger partial charge in [0.05, 0.1) is 0 Å². The minimum atomic E-state index is 0.320. The molecular formula is C19H29N. The predicted octanol–water partition coefficient (Wildman–Crippen LogP) is 4.85. The molecule has 0 bridgehead atoms. The van der Waals surface area contributed by atoms with E-state index in [1.807, 2.05) is 0 Å². The van der Waals surface area contributed by atoms with E-state index in [2.05, 4.69) is 58.1 Å². The van der Waals surface area contributed by atoms with Gasteiger partial charge in [0.1, 0.15) is 0 Å². The first-order chi connectivity index (χ1) is 9.29. The van der Waals surface area contributed by atoms with Gasteiger partial charge in [0, 0.05) is 12.1 Å². The second kappa shape index (κ2) is 4.59. The molecule has 1 aromatic carbocycles. The van der Waals surface area contributed by atoms with Crippen molar-refractivity contribution in [2.75, 3.05) is 0 Å². The monoisotopic (exact) mass is 271 g/mol. The maximum Gasteiger partial charge on any atom is 0.0294 e. The molecule has 110 valence electrons. The third-order valence-electron chi connectivity index (χ3n) is 5.44. The number of benzene rings is 1. The van der Waals surface area contributed by atoms with E-state index in [0.717, 1.165) is 6.04 Å². The molecule has 0 saturated heterocycles. The highest BCUT2D eigenvalue weighted by molar-refractivity contribution is 5.44. The molecule has 0 aromatic heterocycles. The van der Waals surface area contributed by atoms with Gasteiger partial charge >= 0.3 is 0 Å². The van der Waals surface area contributed by atoms with Gasteiger partial charge in [-0.2, -0.15) is 0 Å². The minimum Gasteiger partial charge on any atom is -0.307 e. The Hall–Kier alpha value is -0.820. The molecule has 0 aliphatic heterocycles. The molecule has 1 fully saturated rings. The van der Waals surface area contributed by atoms with E-state index < -0.39 is 0 Å². The smallest absolute Gasteiger partial charge is 0.0294 e. The van der Waals surface area contributed by atoms with Crippen molar-refractivity contribution in [1.82, 2.24) is 5.32 Å². The molecule has 1 N–H and O–H groups in total. The molecule has 1 nitrogen and oxygen atoms in total. The van der Waals surface area contributed by atoms with E-state index in [1.54, 1.807) is 11.1 Å². The van der Waals surface area contributed by atoms with E-state index in [-0.39, 0.29) is 0 Å². The zero-order valence-corrected chi connectivity index (χ0v) is 13.7. The second-order valence-corrected chi connectivity index (χ2v) is 8.24. The molecule has 20 heavy (non-hydrogen) atoms. The van der Waals surface area contributed by atoms with Gasteiger partial charge in [0.2, 0.25) is 0 Å². The second-order valence-electron chi connectivity index (χ2n) is 8.24. The van der Waals surface area contributed by atoms with E-state index in [9.17, 15) is 0 Å². The van der Waals surface area contributed by atoms with Gasteiger partial charge in [-0.05, 0) is 60.1 Å².